The van der Waals surface area contributed by atoms with Crippen LogP contribution in [0.5, 0.6) is 0 Å². The molecular formula is C12H22O2. The van der Waals surface area contributed by atoms with Crippen molar-refractivity contribution in [2.24, 2.45) is 5.92 Å². The predicted octanol–water partition coefficient (Wildman–Crippen LogP) is 3.30. The second-order valence-corrected chi connectivity index (χ2v) is 4.21. The van der Waals surface area contributed by atoms with Crippen molar-refractivity contribution in [3.8, 4) is 0 Å². The Morgan fingerprint density at radius 2 is 2.14 bits per heavy atom. The van der Waals surface area contributed by atoms with Crippen LogP contribution in [0.15, 0.2) is 0 Å². The van der Waals surface area contributed by atoms with Gasteiger partial charge in [-0.1, -0.05) is 32.6 Å². The predicted molar refractivity (Wildman–Crippen MR) is 57.1 cm³/mol. The summed E-state index contributed by atoms with van der Waals surface area (Å²) in [5.74, 6) is 0.258. The van der Waals surface area contributed by atoms with E-state index in [0.717, 1.165) is 25.7 Å². The number of cyclic esters (lactones) is 1. The molecule has 0 aliphatic carbocycles. The average Bonchev–Trinajstić information content (AvgIpc) is 2.39. The van der Waals surface area contributed by atoms with Gasteiger partial charge in [0, 0.05) is 0 Å². The van der Waals surface area contributed by atoms with Gasteiger partial charge in [0.15, 0.2) is 0 Å². The quantitative estimate of drug-likeness (QED) is 0.500. The van der Waals surface area contributed by atoms with Gasteiger partial charge in [-0.05, 0) is 25.7 Å². The van der Waals surface area contributed by atoms with E-state index in [2.05, 4.69) is 6.92 Å². The first-order chi connectivity index (χ1) is 6.84. The van der Waals surface area contributed by atoms with Crippen LogP contribution in [0.1, 0.15) is 58.3 Å². The van der Waals surface area contributed by atoms with Crippen molar-refractivity contribution < 1.29 is 9.53 Å². The topological polar surface area (TPSA) is 26.3 Å². The molecule has 0 aromatic rings. The highest BCUT2D eigenvalue weighted by atomic mass is 16.5. The average molecular weight is 198 g/mol. The van der Waals surface area contributed by atoms with Crippen LogP contribution in [0.4, 0.5) is 0 Å². The van der Waals surface area contributed by atoms with Gasteiger partial charge >= 0.3 is 5.97 Å². The number of hydrogen-bond donors (Lipinski definition) is 0. The molecule has 0 aromatic heterocycles. The molecule has 1 atom stereocenters. The highest BCUT2D eigenvalue weighted by Crippen LogP contribution is 2.21. The molecule has 0 bridgehead atoms. The van der Waals surface area contributed by atoms with E-state index in [1.165, 1.54) is 25.7 Å². The first-order valence-corrected chi connectivity index (χ1v) is 6.01. The monoisotopic (exact) mass is 198 g/mol. The SMILES string of the molecule is CCCCCCC1CCCCOC1=O. The third kappa shape index (κ3) is 4.12. The van der Waals surface area contributed by atoms with Gasteiger partial charge in [-0.25, -0.2) is 0 Å². The van der Waals surface area contributed by atoms with Gasteiger partial charge in [0.25, 0.3) is 0 Å². The molecule has 1 aliphatic rings. The van der Waals surface area contributed by atoms with E-state index in [4.69, 9.17) is 4.74 Å². The standard InChI is InChI=1S/C12H22O2/c1-2-3-4-5-8-11-9-6-7-10-14-12(11)13/h11H,2-10H2,1H3. The molecule has 0 saturated carbocycles. The number of unbranched alkanes of at least 4 members (excludes halogenated alkanes) is 3. The summed E-state index contributed by atoms with van der Waals surface area (Å²) in [7, 11) is 0. The fraction of sp³-hybridized carbons (Fsp3) is 0.917. The van der Waals surface area contributed by atoms with E-state index in [1.54, 1.807) is 0 Å². The maximum absolute atomic E-state index is 11.5. The number of esters is 1. The zero-order valence-corrected chi connectivity index (χ0v) is 9.26. The van der Waals surface area contributed by atoms with E-state index in [0.29, 0.717) is 6.61 Å². The minimum Gasteiger partial charge on any atom is -0.465 e. The van der Waals surface area contributed by atoms with Crippen LogP contribution in [-0.4, -0.2) is 12.6 Å². The molecule has 1 rings (SSSR count). The fourth-order valence-corrected chi connectivity index (χ4v) is 1.98. The lowest BCUT2D eigenvalue weighted by atomic mass is 9.96. The Bertz CT molecular complexity index is 166. The molecule has 1 fully saturated rings. The Balaban J connectivity index is 2.16. The first kappa shape index (κ1) is 11.5. The van der Waals surface area contributed by atoms with Gasteiger partial charge < -0.3 is 4.74 Å². The Hall–Kier alpha value is -0.530. The zero-order chi connectivity index (χ0) is 10.2. The van der Waals surface area contributed by atoms with Crippen LogP contribution in [0.25, 0.3) is 0 Å². The summed E-state index contributed by atoms with van der Waals surface area (Å²) >= 11 is 0. The summed E-state index contributed by atoms with van der Waals surface area (Å²) in [4.78, 5) is 11.5. The van der Waals surface area contributed by atoms with Crippen LogP contribution in [0, 0.1) is 5.92 Å². The minimum atomic E-state index is 0.0546. The van der Waals surface area contributed by atoms with Gasteiger partial charge in [0.1, 0.15) is 0 Å². The molecule has 1 unspecified atom stereocenters. The van der Waals surface area contributed by atoms with E-state index >= 15 is 0 Å². The third-order valence-corrected chi connectivity index (χ3v) is 2.93. The van der Waals surface area contributed by atoms with E-state index < -0.39 is 0 Å². The molecule has 0 amide bonds. The molecule has 2 heteroatoms. The van der Waals surface area contributed by atoms with E-state index in [1.807, 2.05) is 0 Å². The molecular weight excluding hydrogens is 176 g/mol. The van der Waals surface area contributed by atoms with Gasteiger partial charge in [-0.2, -0.15) is 0 Å². The molecule has 1 aliphatic heterocycles. The van der Waals surface area contributed by atoms with Crippen molar-refractivity contribution in [1.29, 1.82) is 0 Å². The second-order valence-electron chi connectivity index (χ2n) is 4.21. The highest BCUT2D eigenvalue weighted by Gasteiger charge is 2.21. The van der Waals surface area contributed by atoms with Crippen molar-refractivity contribution in [1.82, 2.24) is 0 Å². The van der Waals surface area contributed by atoms with Gasteiger partial charge in [0.2, 0.25) is 0 Å². The van der Waals surface area contributed by atoms with Crippen LogP contribution >= 0.6 is 0 Å². The van der Waals surface area contributed by atoms with Crippen molar-refractivity contribution >= 4 is 5.97 Å². The maximum atomic E-state index is 11.5. The van der Waals surface area contributed by atoms with Crippen molar-refractivity contribution in [2.75, 3.05) is 6.61 Å². The van der Waals surface area contributed by atoms with Gasteiger partial charge in [0.05, 0.1) is 12.5 Å². The zero-order valence-electron chi connectivity index (χ0n) is 9.26. The number of rotatable bonds is 5. The normalized spacial score (nSPS) is 22.9. The maximum Gasteiger partial charge on any atom is 0.308 e. The Labute approximate surface area is 87.0 Å². The van der Waals surface area contributed by atoms with Crippen LogP contribution in [0.2, 0.25) is 0 Å². The lowest BCUT2D eigenvalue weighted by Gasteiger charge is -2.11. The molecule has 0 N–H and O–H groups in total. The summed E-state index contributed by atoms with van der Waals surface area (Å²) in [5.41, 5.74) is 0. The first-order valence-electron chi connectivity index (χ1n) is 6.01. The van der Waals surface area contributed by atoms with Crippen molar-refractivity contribution in [3.63, 3.8) is 0 Å². The van der Waals surface area contributed by atoms with E-state index in [-0.39, 0.29) is 11.9 Å². The van der Waals surface area contributed by atoms with E-state index in [9.17, 15) is 4.79 Å². The van der Waals surface area contributed by atoms with Gasteiger partial charge in [-0.15, -0.1) is 0 Å². The Morgan fingerprint density at radius 3 is 2.93 bits per heavy atom. The summed E-state index contributed by atoms with van der Waals surface area (Å²) in [6, 6.07) is 0. The van der Waals surface area contributed by atoms with Crippen LogP contribution < -0.4 is 0 Å². The molecule has 0 spiro atoms. The lowest BCUT2D eigenvalue weighted by molar-refractivity contribution is -0.147. The Morgan fingerprint density at radius 1 is 1.29 bits per heavy atom. The van der Waals surface area contributed by atoms with Crippen molar-refractivity contribution in [2.45, 2.75) is 58.3 Å². The molecule has 0 radical (unpaired) electrons. The molecule has 2 nitrogen and oxygen atoms in total. The van der Waals surface area contributed by atoms with Crippen molar-refractivity contribution in [3.05, 3.63) is 0 Å². The summed E-state index contributed by atoms with van der Waals surface area (Å²) in [5, 5.41) is 0. The number of carbonyl (C=O) groups excluding carboxylic acids is 1. The number of ether oxygens (including phenoxy) is 1. The number of carbonyl (C=O) groups is 1. The molecule has 1 heterocycles. The number of hydrogen-bond acceptors (Lipinski definition) is 2. The third-order valence-electron chi connectivity index (χ3n) is 2.93. The summed E-state index contributed by atoms with van der Waals surface area (Å²) in [6.45, 7) is 2.85. The fourth-order valence-electron chi connectivity index (χ4n) is 1.98. The molecule has 0 aromatic carbocycles. The second kappa shape index (κ2) is 6.86. The smallest absolute Gasteiger partial charge is 0.308 e. The summed E-state index contributed by atoms with van der Waals surface area (Å²) in [6.07, 6.45) is 9.30. The molecule has 82 valence electrons. The summed E-state index contributed by atoms with van der Waals surface area (Å²) < 4.78 is 5.13. The minimum absolute atomic E-state index is 0.0546. The highest BCUT2D eigenvalue weighted by molar-refractivity contribution is 5.72. The molecule has 1 saturated heterocycles. The van der Waals surface area contributed by atoms with Gasteiger partial charge in [-0.3, -0.25) is 4.79 Å². The molecule has 14 heavy (non-hydrogen) atoms. The van der Waals surface area contributed by atoms with Crippen LogP contribution in [-0.2, 0) is 9.53 Å². The van der Waals surface area contributed by atoms with Crippen LogP contribution in [0.3, 0.4) is 0 Å². The Kier molecular flexibility index (Phi) is 5.65. The largest absolute Gasteiger partial charge is 0.465 e. The lowest BCUT2D eigenvalue weighted by Crippen LogP contribution is -2.15.